The van der Waals surface area contributed by atoms with Crippen molar-refractivity contribution < 1.29 is 4.79 Å². The lowest BCUT2D eigenvalue weighted by molar-refractivity contribution is -0.114. The molecule has 0 radical (unpaired) electrons. The lowest BCUT2D eigenvalue weighted by Crippen LogP contribution is -2.05. The minimum atomic E-state index is -0.0864. The van der Waals surface area contributed by atoms with Crippen molar-refractivity contribution in [3.05, 3.63) is 28.8 Å². The van der Waals surface area contributed by atoms with Crippen LogP contribution in [0.1, 0.15) is 26.3 Å². The van der Waals surface area contributed by atoms with Crippen molar-refractivity contribution in [3.63, 3.8) is 0 Å². The highest BCUT2D eigenvalue weighted by Crippen LogP contribution is 2.18. The number of halogens is 1. The first kappa shape index (κ1) is 13.0. The third kappa shape index (κ3) is 4.87. The molecule has 0 saturated carbocycles. The summed E-state index contributed by atoms with van der Waals surface area (Å²) in [6.07, 6.45) is 0. The van der Waals surface area contributed by atoms with E-state index in [9.17, 15) is 4.79 Å². The Labute approximate surface area is 90.3 Å². The fraction of sp³-hybridized carbons (Fsp3) is 0.364. The van der Waals surface area contributed by atoms with Crippen LogP contribution >= 0.6 is 11.6 Å². The van der Waals surface area contributed by atoms with Gasteiger partial charge in [0.25, 0.3) is 0 Å². The Balaban J connectivity index is 0.000000791. The van der Waals surface area contributed by atoms with Gasteiger partial charge in [0, 0.05) is 17.6 Å². The summed E-state index contributed by atoms with van der Waals surface area (Å²) in [5.41, 5.74) is 1.78. The molecule has 78 valence electrons. The van der Waals surface area contributed by atoms with Gasteiger partial charge in [-0.1, -0.05) is 25.4 Å². The van der Waals surface area contributed by atoms with Gasteiger partial charge in [-0.2, -0.15) is 0 Å². The maximum atomic E-state index is 10.7. The predicted molar refractivity (Wildman–Crippen MR) is 61.8 cm³/mol. The molecular formula is C11H16ClNO. The molecule has 1 amide bonds. The molecule has 0 heterocycles. The summed E-state index contributed by atoms with van der Waals surface area (Å²) < 4.78 is 0. The quantitative estimate of drug-likeness (QED) is 0.759. The van der Waals surface area contributed by atoms with Crippen LogP contribution in [0.4, 0.5) is 5.69 Å². The number of benzene rings is 1. The Morgan fingerprint density at radius 2 is 1.86 bits per heavy atom. The van der Waals surface area contributed by atoms with E-state index in [1.54, 1.807) is 6.07 Å². The van der Waals surface area contributed by atoms with Crippen molar-refractivity contribution in [1.29, 1.82) is 0 Å². The van der Waals surface area contributed by atoms with E-state index in [-0.39, 0.29) is 5.91 Å². The van der Waals surface area contributed by atoms with E-state index in [1.165, 1.54) is 6.92 Å². The van der Waals surface area contributed by atoms with Crippen molar-refractivity contribution >= 4 is 23.2 Å². The number of nitrogens with one attached hydrogen (secondary N) is 1. The number of hydrogen-bond acceptors (Lipinski definition) is 1. The topological polar surface area (TPSA) is 29.1 Å². The fourth-order valence-corrected chi connectivity index (χ4v) is 1.30. The molecule has 0 aliphatic carbocycles. The van der Waals surface area contributed by atoms with Crippen molar-refractivity contribution in [2.75, 3.05) is 5.32 Å². The van der Waals surface area contributed by atoms with Crippen LogP contribution in [0.3, 0.4) is 0 Å². The Morgan fingerprint density at radius 3 is 2.29 bits per heavy atom. The standard InChI is InChI=1S/C9H10ClNO.C2H6/c1-6-3-8(10)5-9(4-6)11-7(2)12;1-2/h3-5H,1-2H3,(H,11,12);1-2H3. The van der Waals surface area contributed by atoms with Gasteiger partial charge < -0.3 is 5.32 Å². The van der Waals surface area contributed by atoms with E-state index in [0.29, 0.717) is 5.02 Å². The van der Waals surface area contributed by atoms with E-state index in [0.717, 1.165) is 11.3 Å². The smallest absolute Gasteiger partial charge is 0.221 e. The zero-order chi connectivity index (χ0) is 11.1. The number of carbonyl (C=O) groups excluding carboxylic acids is 1. The maximum absolute atomic E-state index is 10.7. The first-order chi connectivity index (χ1) is 6.58. The van der Waals surface area contributed by atoms with Crippen molar-refractivity contribution in [1.82, 2.24) is 0 Å². The zero-order valence-electron chi connectivity index (χ0n) is 9.02. The van der Waals surface area contributed by atoms with E-state index < -0.39 is 0 Å². The molecule has 0 aliphatic heterocycles. The minimum absolute atomic E-state index is 0.0864. The number of hydrogen-bond donors (Lipinski definition) is 1. The third-order valence-corrected chi connectivity index (χ3v) is 1.58. The predicted octanol–water partition coefficient (Wildman–Crippen LogP) is 3.63. The van der Waals surface area contributed by atoms with Crippen LogP contribution in [0.15, 0.2) is 18.2 Å². The SMILES string of the molecule is CC.CC(=O)Nc1cc(C)cc(Cl)c1. The van der Waals surface area contributed by atoms with E-state index in [4.69, 9.17) is 11.6 Å². The second-order valence-corrected chi connectivity index (χ2v) is 3.13. The summed E-state index contributed by atoms with van der Waals surface area (Å²) in [5.74, 6) is -0.0864. The molecule has 1 aromatic carbocycles. The van der Waals surface area contributed by atoms with Gasteiger partial charge >= 0.3 is 0 Å². The van der Waals surface area contributed by atoms with E-state index in [2.05, 4.69) is 5.32 Å². The summed E-state index contributed by atoms with van der Waals surface area (Å²) in [5, 5.41) is 3.30. The molecule has 0 aliphatic rings. The molecule has 0 aromatic heterocycles. The average Bonchev–Trinajstić information content (AvgIpc) is 2.04. The van der Waals surface area contributed by atoms with Crippen molar-refractivity contribution in [2.24, 2.45) is 0 Å². The van der Waals surface area contributed by atoms with Crippen LogP contribution < -0.4 is 5.32 Å². The normalized spacial score (nSPS) is 8.64. The Kier molecular flexibility index (Phi) is 5.97. The number of anilines is 1. The molecule has 14 heavy (non-hydrogen) atoms. The van der Waals surface area contributed by atoms with E-state index >= 15 is 0 Å². The highest BCUT2D eigenvalue weighted by molar-refractivity contribution is 6.31. The van der Waals surface area contributed by atoms with Gasteiger partial charge in [0.2, 0.25) is 5.91 Å². The lowest BCUT2D eigenvalue weighted by atomic mass is 10.2. The average molecular weight is 214 g/mol. The van der Waals surface area contributed by atoms with Gasteiger partial charge in [-0.25, -0.2) is 0 Å². The number of rotatable bonds is 1. The van der Waals surface area contributed by atoms with Crippen LogP contribution in [-0.4, -0.2) is 5.91 Å². The summed E-state index contributed by atoms with van der Waals surface area (Å²) in [4.78, 5) is 10.7. The highest BCUT2D eigenvalue weighted by Gasteiger charge is 1.97. The second kappa shape index (κ2) is 6.44. The van der Waals surface area contributed by atoms with Gasteiger partial charge in [-0.05, 0) is 30.7 Å². The molecule has 1 aromatic rings. The first-order valence-electron chi connectivity index (χ1n) is 4.63. The van der Waals surface area contributed by atoms with Gasteiger partial charge in [-0.15, -0.1) is 0 Å². The Hall–Kier alpha value is -1.02. The molecule has 2 nitrogen and oxygen atoms in total. The summed E-state index contributed by atoms with van der Waals surface area (Å²) >= 11 is 5.78. The van der Waals surface area contributed by atoms with Crippen LogP contribution in [-0.2, 0) is 4.79 Å². The largest absolute Gasteiger partial charge is 0.326 e. The summed E-state index contributed by atoms with van der Waals surface area (Å²) in [6.45, 7) is 7.40. The summed E-state index contributed by atoms with van der Waals surface area (Å²) in [7, 11) is 0. The van der Waals surface area contributed by atoms with Crippen LogP contribution in [0.2, 0.25) is 5.02 Å². The molecular weight excluding hydrogens is 198 g/mol. The van der Waals surface area contributed by atoms with Gasteiger partial charge in [0.15, 0.2) is 0 Å². The molecule has 0 unspecified atom stereocenters. The maximum Gasteiger partial charge on any atom is 0.221 e. The molecule has 1 N–H and O–H groups in total. The molecule has 1 rings (SSSR count). The number of carbonyl (C=O) groups is 1. The Bertz CT molecular complexity index is 290. The molecule has 3 heteroatoms. The second-order valence-electron chi connectivity index (χ2n) is 2.70. The lowest BCUT2D eigenvalue weighted by Gasteiger charge is -2.03. The zero-order valence-corrected chi connectivity index (χ0v) is 9.77. The van der Waals surface area contributed by atoms with Gasteiger partial charge in [0.05, 0.1) is 0 Å². The molecule has 0 saturated heterocycles. The Morgan fingerprint density at radius 1 is 1.29 bits per heavy atom. The van der Waals surface area contributed by atoms with Gasteiger partial charge in [0.1, 0.15) is 0 Å². The van der Waals surface area contributed by atoms with Crippen molar-refractivity contribution in [2.45, 2.75) is 27.7 Å². The monoisotopic (exact) mass is 213 g/mol. The number of aryl methyl sites for hydroxylation is 1. The van der Waals surface area contributed by atoms with E-state index in [1.807, 2.05) is 32.9 Å². The fourth-order valence-electron chi connectivity index (χ4n) is 1.01. The first-order valence-corrected chi connectivity index (χ1v) is 5.00. The third-order valence-electron chi connectivity index (χ3n) is 1.36. The molecule has 0 atom stereocenters. The van der Waals surface area contributed by atoms with Crippen LogP contribution in [0, 0.1) is 6.92 Å². The van der Waals surface area contributed by atoms with Gasteiger partial charge in [-0.3, -0.25) is 4.79 Å². The number of amides is 1. The summed E-state index contributed by atoms with van der Waals surface area (Å²) in [6, 6.07) is 5.43. The molecule has 0 spiro atoms. The van der Waals surface area contributed by atoms with Crippen molar-refractivity contribution in [3.8, 4) is 0 Å². The minimum Gasteiger partial charge on any atom is -0.326 e. The van der Waals surface area contributed by atoms with Crippen LogP contribution in [0.25, 0.3) is 0 Å². The molecule has 0 bridgehead atoms. The molecule has 0 fully saturated rings. The van der Waals surface area contributed by atoms with Crippen LogP contribution in [0.5, 0.6) is 0 Å². The highest BCUT2D eigenvalue weighted by atomic mass is 35.5.